The van der Waals surface area contributed by atoms with Gasteiger partial charge in [0.05, 0.1) is 18.4 Å². The van der Waals surface area contributed by atoms with Crippen molar-refractivity contribution < 1.29 is 14.3 Å². The minimum atomic E-state index is -0.629. The second-order valence-electron chi connectivity index (χ2n) is 6.02. The van der Waals surface area contributed by atoms with Crippen molar-refractivity contribution in [3.05, 3.63) is 78.1 Å². The van der Waals surface area contributed by atoms with E-state index in [4.69, 9.17) is 4.74 Å². The Bertz CT molecular complexity index is 1000. The van der Waals surface area contributed by atoms with E-state index in [0.717, 1.165) is 10.5 Å². The fourth-order valence-corrected chi connectivity index (χ4v) is 3.06. The first-order chi connectivity index (χ1) is 14.1. The number of rotatable bonds is 8. The maximum atomic E-state index is 12.0. The molecule has 3 aromatic rings. The van der Waals surface area contributed by atoms with Crippen molar-refractivity contribution in [3.63, 3.8) is 0 Å². The number of hydrogen-bond acceptors (Lipinski definition) is 6. The Morgan fingerprint density at radius 1 is 1.14 bits per heavy atom. The van der Waals surface area contributed by atoms with Gasteiger partial charge in [-0.2, -0.15) is 0 Å². The summed E-state index contributed by atoms with van der Waals surface area (Å²) in [4.78, 5) is 24.8. The molecule has 0 aliphatic carbocycles. The van der Waals surface area contributed by atoms with Crippen LogP contribution in [0.1, 0.15) is 11.3 Å². The van der Waals surface area contributed by atoms with Gasteiger partial charge >= 0.3 is 5.97 Å². The SMILES string of the molecule is CSc1ccccc1NC(=O)COC(=O)/C=C/c1cn(Cc2ccccc2)nn1. The molecular weight excluding hydrogens is 388 g/mol. The number of hydrogen-bond donors (Lipinski definition) is 1. The van der Waals surface area contributed by atoms with Crippen LogP contribution >= 0.6 is 11.8 Å². The van der Waals surface area contributed by atoms with E-state index in [1.165, 1.54) is 23.9 Å². The molecule has 0 saturated carbocycles. The molecule has 0 atom stereocenters. The lowest BCUT2D eigenvalue weighted by molar-refractivity contribution is -0.142. The molecular formula is C21H20N4O3S. The molecule has 7 nitrogen and oxygen atoms in total. The molecule has 1 amide bonds. The molecule has 0 bridgehead atoms. The quantitative estimate of drug-likeness (QED) is 0.350. The van der Waals surface area contributed by atoms with Gasteiger partial charge in [-0.25, -0.2) is 9.48 Å². The lowest BCUT2D eigenvalue weighted by Gasteiger charge is -2.08. The second kappa shape index (κ2) is 10.2. The number of nitrogens with one attached hydrogen (secondary N) is 1. The second-order valence-corrected chi connectivity index (χ2v) is 6.86. The fourth-order valence-electron chi connectivity index (χ4n) is 2.51. The van der Waals surface area contributed by atoms with E-state index >= 15 is 0 Å². The molecule has 0 saturated heterocycles. The third-order valence-electron chi connectivity index (χ3n) is 3.86. The molecule has 0 spiro atoms. The number of aromatic nitrogens is 3. The van der Waals surface area contributed by atoms with Gasteiger partial charge in [-0.3, -0.25) is 4.79 Å². The van der Waals surface area contributed by atoms with Crippen LogP contribution in [0.2, 0.25) is 0 Å². The van der Waals surface area contributed by atoms with Crippen LogP contribution in [0.3, 0.4) is 0 Å². The number of ether oxygens (including phenoxy) is 1. The van der Waals surface area contributed by atoms with Crippen LogP contribution in [0.25, 0.3) is 6.08 Å². The molecule has 0 aliphatic rings. The molecule has 29 heavy (non-hydrogen) atoms. The summed E-state index contributed by atoms with van der Waals surface area (Å²) in [6.45, 7) is 0.219. The van der Waals surface area contributed by atoms with Crippen LogP contribution in [0.4, 0.5) is 5.69 Å². The molecule has 1 N–H and O–H groups in total. The Balaban J connectivity index is 1.47. The Morgan fingerprint density at radius 3 is 2.69 bits per heavy atom. The topological polar surface area (TPSA) is 86.1 Å². The molecule has 1 heterocycles. The molecule has 3 rings (SSSR count). The van der Waals surface area contributed by atoms with E-state index in [0.29, 0.717) is 17.9 Å². The van der Waals surface area contributed by atoms with E-state index in [2.05, 4.69) is 15.6 Å². The molecule has 0 aliphatic heterocycles. The molecule has 148 valence electrons. The van der Waals surface area contributed by atoms with Gasteiger partial charge in [0.2, 0.25) is 0 Å². The van der Waals surface area contributed by atoms with Crippen molar-refractivity contribution in [2.75, 3.05) is 18.2 Å². The standard InChI is InChI=1S/C21H20N4O3S/c1-29-19-10-6-5-9-18(19)22-20(26)15-28-21(27)12-11-17-14-25(24-23-17)13-16-7-3-2-4-8-16/h2-12,14H,13,15H2,1H3,(H,22,26)/b12-11+. The number of anilines is 1. The lowest BCUT2D eigenvalue weighted by atomic mass is 10.2. The number of carbonyl (C=O) groups excluding carboxylic acids is 2. The van der Waals surface area contributed by atoms with Gasteiger partial charge in [0, 0.05) is 11.0 Å². The summed E-state index contributed by atoms with van der Waals surface area (Å²) in [5.74, 6) is -1.03. The monoisotopic (exact) mass is 408 g/mol. The number of nitrogens with zero attached hydrogens (tertiary/aromatic N) is 3. The Kier molecular flexibility index (Phi) is 7.18. The maximum Gasteiger partial charge on any atom is 0.331 e. The average Bonchev–Trinajstić information content (AvgIpc) is 3.19. The highest BCUT2D eigenvalue weighted by molar-refractivity contribution is 7.98. The Morgan fingerprint density at radius 2 is 1.90 bits per heavy atom. The van der Waals surface area contributed by atoms with Gasteiger partial charge in [0.25, 0.3) is 5.91 Å². The van der Waals surface area contributed by atoms with Crippen LogP contribution in [0, 0.1) is 0 Å². The van der Waals surface area contributed by atoms with Crippen LogP contribution in [-0.2, 0) is 20.9 Å². The number of esters is 1. The third-order valence-corrected chi connectivity index (χ3v) is 4.66. The number of benzene rings is 2. The van der Waals surface area contributed by atoms with E-state index in [9.17, 15) is 9.59 Å². The molecule has 0 fully saturated rings. The first kappa shape index (κ1) is 20.3. The summed E-state index contributed by atoms with van der Waals surface area (Å²) in [7, 11) is 0. The van der Waals surface area contributed by atoms with E-state index in [-0.39, 0.29) is 6.61 Å². The van der Waals surface area contributed by atoms with Gasteiger partial charge < -0.3 is 10.1 Å². The van der Waals surface area contributed by atoms with Crippen molar-refractivity contribution in [2.24, 2.45) is 0 Å². The summed E-state index contributed by atoms with van der Waals surface area (Å²) in [5.41, 5.74) is 2.31. The number of carbonyl (C=O) groups is 2. The highest BCUT2D eigenvalue weighted by Crippen LogP contribution is 2.24. The highest BCUT2D eigenvalue weighted by atomic mass is 32.2. The van der Waals surface area contributed by atoms with Gasteiger partial charge in [0.1, 0.15) is 5.69 Å². The largest absolute Gasteiger partial charge is 0.452 e. The highest BCUT2D eigenvalue weighted by Gasteiger charge is 2.08. The van der Waals surface area contributed by atoms with Gasteiger partial charge in [-0.15, -0.1) is 16.9 Å². The van der Waals surface area contributed by atoms with Crippen molar-refractivity contribution in [1.82, 2.24) is 15.0 Å². The van der Waals surface area contributed by atoms with Crippen LogP contribution < -0.4 is 5.32 Å². The molecule has 2 aromatic carbocycles. The minimum absolute atomic E-state index is 0.368. The van der Waals surface area contributed by atoms with Gasteiger partial charge in [-0.1, -0.05) is 47.7 Å². The summed E-state index contributed by atoms with van der Waals surface area (Å²) in [6, 6.07) is 17.3. The van der Waals surface area contributed by atoms with Gasteiger partial charge in [-0.05, 0) is 30.0 Å². The minimum Gasteiger partial charge on any atom is -0.452 e. The molecule has 1 aromatic heterocycles. The van der Waals surface area contributed by atoms with E-state index in [1.807, 2.05) is 54.8 Å². The summed E-state index contributed by atoms with van der Waals surface area (Å²) in [6.07, 6.45) is 6.37. The molecule has 0 unspecified atom stereocenters. The maximum absolute atomic E-state index is 12.0. The first-order valence-electron chi connectivity index (χ1n) is 8.86. The van der Waals surface area contributed by atoms with Crippen molar-refractivity contribution in [1.29, 1.82) is 0 Å². The summed E-state index contributed by atoms with van der Waals surface area (Å²) in [5, 5.41) is 10.7. The average molecular weight is 408 g/mol. The van der Waals surface area contributed by atoms with Gasteiger partial charge in [0.15, 0.2) is 6.61 Å². The fraction of sp³-hybridized carbons (Fsp3) is 0.143. The Hall–Kier alpha value is -3.39. The number of amides is 1. The van der Waals surface area contributed by atoms with E-state index in [1.54, 1.807) is 16.9 Å². The number of para-hydroxylation sites is 1. The lowest BCUT2D eigenvalue weighted by Crippen LogP contribution is -2.20. The van der Waals surface area contributed by atoms with Crippen molar-refractivity contribution in [2.45, 2.75) is 11.4 Å². The van der Waals surface area contributed by atoms with Crippen LogP contribution in [-0.4, -0.2) is 39.7 Å². The predicted octanol–water partition coefficient (Wildman–Crippen LogP) is 3.24. The summed E-state index contributed by atoms with van der Waals surface area (Å²) >= 11 is 1.52. The zero-order chi connectivity index (χ0) is 20.5. The zero-order valence-corrected chi connectivity index (χ0v) is 16.6. The third kappa shape index (κ3) is 6.32. The smallest absolute Gasteiger partial charge is 0.331 e. The first-order valence-corrected chi connectivity index (χ1v) is 10.1. The molecule has 0 radical (unpaired) electrons. The Labute approximate surface area is 172 Å². The van der Waals surface area contributed by atoms with Crippen molar-refractivity contribution in [3.8, 4) is 0 Å². The normalized spacial score (nSPS) is 10.8. The summed E-state index contributed by atoms with van der Waals surface area (Å²) < 4.78 is 6.65. The zero-order valence-electron chi connectivity index (χ0n) is 15.8. The van der Waals surface area contributed by atoms with Crippen LogP contribution in [0.5, 0.6) is 0 Å². The number of thioether (sulfide) groups is 1. The van der Waals surface area contributed by atoms with E-state index < -0.39 is 11.9 Å². The van der Waals surface area contributed by atoms with Crippen LogP contribution in [0.15, 0.2) is 71.8 Å². The molecule has 8 heteroatoms. The predicted molar refractivity (Wildman–Crippen MR) is 112 cm³/mol. The van der Waals surface area contributed by atoms with Crippen molar-refractivity contribution >= 4 is 35.4 Å².